The smallest absolute Gasteiger partial charge is 0.207 e. The highest BCUT2D eigenvalue weighted by Crippen LogP contribution is 2.57. The maximum Gasteiger partial charge on any atom is 0.207 e. The lowest BCUT2D eigenvalue weighted by atomic mass is 9.66. The topological polar surface area (TPSA) is 61.8 Å². The van der Waals surface area contributed by atoms with E-state index in [2.05, 4.69) is 19.9 Å². The van der Waals surface area contributed by atoms with Crippen molar-refractivity contribution in [3.05, 3.63) is 58.1 Å². The van der Waals surface area contributed by atoms with Gasteiger partial charge in [0, 0.05) is 24.2 Å². The summed E-state index contributed by atoms with van der Waals surface area (Å²) >= 11 is 6.52. The number of hydrogen-bond acceptors (Lipinski definition) is 5. The van der Waals surface area contributed by atoms with E-state index >= 15 is 0 Å². The van der Waals surface area contributed by atoms with Gasteiger partial charge < -0.3 is 14.2 Å². The Labute approximate surface area is 189 Å². The van der Waals surface area contributed by atoms with E-state index in [1.165, 1.54) is 14.0 Å². The summed E-state index contributed by atoms with van der Waals surface area (Å²) in [6, 6.07) is 0. The molecule has 5 atom stereocenters. The molecule has 2 aliphatic heterocycles. The number of halogens is 1. The molecule has 0 amide bonds. The van der Waals surface area contributed by atoms with E-state index in [9.17, 15) is 9.59 Å². The SMILES string of the molecule is CCC(C)C=C(C)C=CC1=CC2=C(Cl)C(=O)C3(C)OC(C)(OC)C(C(C)=O)C3C2=CO1. The first-order valence-electron chi connectivity index (χ1n) is 10.6. The fraction of sp³-hybridized carbons (Fsp3) is 0.520. The molecule has 5 nitrogen and oxygen atoms in total. The molecule has 0 radical (unpaired) electrons. The van der Waals surface area contributed by atoms with Crippen LogP contribution in [-0.4, -0.2) is 30.1 Å². The van der Waals surface area contributed by atoms with Gasteiger partial charge in [-0.25, -0.2) is 0 Å². The zero-order valence-electron chi connectivity index (χ0n) is 19.2. The van der Waals surface area contributed by atoms with Gasteiger partial charge in [0.15, 0.2) is 5.79 Å². The van der Waals surface area contributed by atoms with E-state index in [0.29, 0.717) is 22.8 Å². The largest absolute Gasteiger partial charge is 0.465 e. The number of methoxy groups -OCH3 is 1. The van der Waals surface area contributed by atoms with Gasteiger partial charge in [-0.2, -0.15) is 0 Å². The lowest BCUT2D eigenvalue weighted by Gasteiger charge is -2.37. The van der Waals surface area contributed by atoms with Crippen molar-refractivity contribution in [1.82, 2.24) is 0 Å². The molecule has 0 bridgehead atoms. The normalized spacial score (nSPS) is 34.2. The van der Waals surface area contributed by atoms with E-state index in [1.807, 2.05) is 19.1 Å². The van der Waals surface area contributed by atoms with Crippen molar-refractivity contribution in [2.75, 3.05) is 7.11 Å². The quantitative estimate of drug-likeness (QED) is 0.512. The third-order valence-electron chi connectivity index (χ3n) is 6.59. The molecular formula is C25H31ClO5. The molecule has 2 heterocycles. The van der Waals surface area contributed by atoms with Crippen molar-refractivity contribution >= 4 is 23.2 Å². The molecule has 0 aromatic carbocycles. The van der Waals surface area contributed by atoms with Crippen LogP contribution in [0.5, 0.6) is 0 Å². The number of allylic oxidation sites excluding steroid dienone is 6. The summed E-state index contributed by atoms with van der Waals surface area (Å²) < 4.78 is 17.5. The Morgan fingerprint density at radius 2 is 2.03 bits per heavy atom. The standard InChI is InChI=1S/C25H31ClO5/c1-8-14(2)11-15(3)9-10-17-12-18-19(13-30-17)21-20(16(4)27)25(6,29-7)31-24(21,5)23(28)22(18)26/h9-14,20-21H,8H2,1-7H3. The second-order valence-corrected chi connectivity index (χ2v) is 9.30. The van der Waals surface area contributed by atoms with Gasteiger partial charge in [0.25, 0.3) is 0 Å². The van der Waals surface area contributed by atoms with Gasteiger partial charge >= 0.3 is 0 Å². The Morgan fingerprint density at radius 1 is 1.35 bits per heavy atom. The van der Waals surface area contributed by atoms with Crippen LogP contribution in [0.2, 0.25) is 0 Å². The number of hydrogen-bond donors (Lipinski definition) is 0. The fourth-order valence-corrected chi connectivity index (χ4v) is 5.11. The predicted molar refractivity (Wildman–Crippen MR) is 120 cm³/mol. The molecule has 3 aliphatic rings. The minimum atomic E-state index is -1.31. The van der Waals surface area contributed by atoms with Crippen molar-refractivity contribution in [3.8, 4) is 0 Å². The highest BCUT2D eigenvalue weighted by Gasteiger charge is 2.67. The average molecular weight is 447 g/mol. The Hall–Kier alpha value is -1.95. The van der Waals surface area contributed by atoms with E-state index in [-0.39, 0.29) is 16.6 Å². The maximum atomic E-state index is 13.3. The molecule has 31 heavy (non-hydrogen) atoms. The highest BCUT2D eigenvalue weighted by atomic mass is 35.5. The molecule has 3 rings (SSSR count). The van der Waals surface area contributed by atoms with Gasteiger partial charge in [0.05, 0.1) is 17.2 Å². The third-order valence-corrected chi connectivity index (χ3v) is 6.97. The summed E-state index contributed by atoms with van der Waals surface area (Å²) in [5.74, 6) is -1.89. The number of Topliss-reactive ketones (excluding diaryl/α,β-unsaturated/α-hetero) is 2. The van der Waals surface area contributed by atoms with Crippen LogP contribution in [0.3, 0.4) is 0 Å². The second-order valence-electron chi connectivity index (χ2n) is 8.92. The van der Waals surface area contributed by atoms with Crippen molar-refractivity contribution in [2.45, 2.75) is 59.4 Å². The van der Waals surface area contributed by atoms with E-state index in [4.69, 9.17) is 25.8 Å². The molecule has 0 saturated carbocycles. The molecule has 5 unspecified atom stereocenters. The lowest BCUT2D eigenvalue weighted by Crippen LogP contribution is -2.47. The maximum absolute atomic E-state index is 13.3. The molecule has 0 aromatic rings. The molecular weight excluding hydrogens is 416 g/mol. The number of ether oxygens (including phenoxy) is 3. The minimum absolute atomic E-state index is 0.0775. The first-order valence-corrected chi connectivity index (χ1v) is 11.0. The van der Waals surface area contributed by atoms with Crippen LogP contribution < -0.4 is 0 Å². The Balaban J connectivity index is 2.01. The molecule has 6 heteroatoms. The number of carbonyl (C=O) groups excluding carboxylic acids is 2. The number of carbonyl (C=O) groups is 2. The summed E-state index contributed by atoms with van der Waals surface area (Å²) in [6.07, 6.45) is 10.4. The van der Waals surface area contributed by atoms with Crippen molar-refractivity contribution in [3.63, 3.8) is 0 Å². The first-order chi connectivity index (χ1) is 14.5. The van der Waals surface area contributed by atoms with Gasteiger partial charge in [-0.05, 0) is 45.8 Å². The Kier molecular flexibility index (Phi) is 6.52. The molecule has 0 spiro atoms. The second kappa shape index (κ2) is 8.53. The summed E-state index contributed by atoms with van der Waals surface area (Å²) in [5, 5.41) is 0.0775. The molecule has 0 N–H and O–H groups in total. The van der Waals surface area contributed by atoms with Crippen molar-refractivity contribution in [1.29, 1.82) is 0 Å². The number of ketones is 2. The summed E-state index contributed by atoms with van der Waals surface area (Å²) in [7, 11) is 1.47. The van der Waals surface area contributed by atoms with Gasteiger partial charge in [0.2, 0.25) is 5.78 Å². The molecule has 1 fully saturated rings. The highest BCUT2D eigenvalue weighted by molar-refractivity contribution is 6.45. The van der Waals surface area contributed by atoms with E-state index in [1.54, 1.807) is 26.2 Å². The van der Waals surface area contributed by atoms with Crippen LogP contribution in [0.25, 0.3) is 0 Å². The molecule has 1 aliphatic carbocycles. The summed E-state index contributed by atoms with van der Waals surface area (Å²) in [6.45, 7) is 11.2. The third kappa shape index (κ3) is 3.99. The molecule has 168 valence electrons. The van der Waals surface area contributed by atoms with Crippen LogP contribution in [-0.2, 0) is 23.8 Å². The zero-order valence-corrected chi connectivity index (χ0v) is 20.0. The zero-order chi connectivity index (χ0) is 23.1. The number of fused-ring (bicyclic) bond motifs is 3. The Morgan fingerprint density at radius 3 is 2.61 bits per heavy atom. The van der Waals surface area contributed by atoms with Gasteiger partial charge in [0.1, 0.15) is 17.1 Å². The predicted octanol–water partition coefficient (Wildman–Crippen LogP) is 5.38. The molecule has 0 aromatic heterocycles. The summed E-state index contributed by atoms with van der Waals surface area (Å²) in [4.78, 5) is 25.9. The number of rotatable bonds is 6. The van der Waals surface area contributed by atoms with Crippen LogP contribution >= 0.6 is 11.6 Å². The van der Waals surface area contributed by atoms with E-state index in [0.717, 1.165) is 12.0 Å². The monoisotopic (exact) mass is 446 g/mol. The minimum Gasteiger partial charge on any atom is -0.465 e. The van der Waals surface area contributed by atoms with Crippen LogP contribution in [0.15, 0.2) is 58.1 Å². The average Bonchev–Trinajstić information content (AvgIpc) is 2.99. The summed E-state index contributed by atoms with van der Waals surface area (Å²) in [5.41, 5.74) is 1.06. The molecule has 1 saturated heterocycles. The van der Waals surface area contributed by atoms with Crippen LogP contribution in [0, 0.1) is 17.8 Å². The van der Waals surface area contributed by atoms with Crippen molar-refractivity contribution < 1.29 is 23.8 Å². The van der Waals surface area contributed by atoms with Crippen LogP contribution in [0.4, 0.5) is 0 Å². The van der Waals surface area contributed by atoms with Gasteiger partial charge in [-0.15, -0.1) is 0 Å². The fourth-order valence-electron chi connectivity index (χ4n) is 4.75. The first kappa shape index (κ1) is 23.7. The van der Waals surface area contributed by atoms with Gasteiger partial charge in [-0.3, -0.25) is 9.59 Å². The van der Waals surface area contributed by atoms with Crippen molar-refractivity contribution in [2.24, 2.45) is 17.8 Å². The Bertz CT molecular complexity index is 953. The van der Waals surface area contributed by atoms with Crippen LogP contribution in [0.1, 0.15) is 48.0 Å². The lowest BCUT2D eigenvalue weighted by molar-refractivity contribution is -0.233. The van der Waals surface area contributed by atoms with Gasteiger partial charge in [-0.1, -0.05) is 49.6 Å². The van der Waals surface area contributed by atoms with E-state index < -0.39 is 23.2 Å².